The van der Waals surface area contributed by atoms with Gasteiger partial charge in [-0.2, -0.15) is 13.2 Å². The second-order valence-electron chi connectivity index (χ2n) is 6.29. The highest BCUT2D eigenvalue weighted by molar-refractivity contribution is 5.94. The van der Waals surface area contributed by atoms with Gasteiger partial charge in [-0.05, 0) is 37.8 Å². The molecule has 0 spiro atoms. The van der Waals surface area contributed by atoms with Crippen LogP contribution in [-0.4, -0.2) is 46.9 Å². The van der Waals surface area contributed by atoms with E-state index in [0.717, 1.165) is 5.69 Å². The lowest BCUT2D eigenvalue weighted by Gasteiger charge is -2.38. The highest BCUT2D eigenvalue weighted by Crippen LogP contribution is 2.27. The zero-order chi connectivity index (χ0) is 19.4. The van der Waals surface area contributed by atoms with E-state index in [1.807, 2.05) is 6.92 Å². The van der Waals surface area contributed by atoms with Crippen LogP contribution < -0.4 is 5.32 Å². The van der Waals surface area contributed by atoms with Crippen LogP contribution >= 0.6 is 0 Å². The van der Waals surface area contributed by atoms with Gasteiger partial charge in [0.2, 0.25) is 0 Å². The third kappa shape index (κ3) is 6.04. The Bertz CT molecular complexity index is 727. The Morgan fingerprint density at radius 2 is 1.96 bits per heavy atom. The average Bonchev–Trinajstić information content (AvgIpc) is 3.36. The zero-order valence-electron chi connectivity index (χ0n) is 13.9. The fourth-order valence-electron chi connectivity index (χ4n) is 1.83. The molecule has 140 valence electrons. The van der Waals surface area contributed by atoms with Crippen LogP contribution in [0.1, 0.15) is 35.8 Å². The highest BCUT2D eigenvalue weighted by Gasteiger charge is 2.38. The van der Waals surface area contributed by atoms with Gasteiger partial charge in [-0.15, -0.1) is 0 Å². The number of amides is 1. The second-order valence-corrected chi connectivity index (χ2v) is 6.29. The van der Waals surface area contributed by atoms with Crippen LogP contribution in [0.15, 0.2) is 18.3 Å². The molecule has 2 N–H and O–H groups in total. The molecular formula is C17H17F3N2O4. The van der Waals surface area contributed by atoms with Crippen LogP contribution in [0, 0.1) is 17.8 Å². The van der Waals surface area contributed by atoms with Gasteiger partial charge in [-0.1, -0.05) is 5.92 Å². The molecule has 1 aromatic rings. The van der Waals surface area contributed by atoms with E-state index in [2.05, 4.69) is 22.1 Å². The molecule has 1 saturated carbocycles. The second kappa shape index (κ2) is 7.74. The summed E-state index contributed by atoms with van der Waals surface area (Å²) < 4.78 is 36.8. The summed E-state index contributed by atoms with van der Waals surface area (Å²) in [6.07, 6.45) is -1.10. The van der Waals surface area contributed by atoms with Gasteiger partial charge in [0, 0.05) is 12.1 Å². The Morgan fingerprint density at radius 3 is 2.35 bits per heavy atom. The number of ether oxygens (including phenoxy) is 1. The monoisotopic (exact) mass is 370 g/mol. The Balaban J connectivity index is 0.000000298. The van der Waals surface area contributed by atoms with Gasteiger partial charge < -0.3 is 15.2 Å². The number of carbonyl (C=O) groups excluding carboxylic acids is 1. The first-order chi connectivity index (χ1) is 12.1. The van der Waals surface area contributed by atoms with E-state index in [1.54, 1.807) is 18.3 Å². The summed E-state index contributed by atoms with van der Waals surface area (Å²) in [7, 11) is 0. The predicted molar refractivity (Wildman–Crippen MR) is 84.2 cm³/mol. The zero-order valence-corrected chi connectivity index (χ0v) is 13.9. The maximum atomic E-state index is 12.0. The number of pyridine rings is 1. The minimum Gasteiger partial charge on any atom is -0.475 e. The molecule has 0 atom stereocenters. The van der Waals surface area contributed by atoms with Crippen molar-refractivity contribution in [1.82, 2.24) is 10.3 Å². The normalized spacial score (nSPS) is 17.5. The number of rotatable bonds is 2. The van der Waals surface area contributed by atoms with E-state index in [9.17, 15) is 18.0 Å². The minimum atomic E-state index is -5.08. The summed E-state index contributed by atoms with van der Waals surface area (Å²) in [5.41, 5.74) is 1.05. The van der Waals surface area contributed by atoms with Crippen molar-refractivity contribution in [3.05, 3.63) is 29.6 Å². The van der Waals surface area contributed by atoms with E-state index in [0.29, 0.717) is 24.7 Å². The first kappa shape index (κ1) is 19.7. The molecule has 1 saturated heterocycles. The molecule has 1 aliphatic carbocycles. The lowest BCUT2D eigenvalue weighted by molar-refractivity contribution is -0.192. The number of aliphatic carboxylic acids is 1. The van der Waals surface area contributed by atoms with Gasteiger partial charge in [0.1, 0.15) is 5.69 Å². The molecule has 0 unspecified atom stereocenters. The number of hydrogen-bond donors (Lipinski definition) is 2. The Hall–Kier alpha value is -2.60. The molecule has 2 fully saturated rings. The van der Waals surface area contributed by atoms with Crippen LogP contribution in [0.5, 0.6) is 0 Å². The van der Waals surface area contributed by atoms with Gasteiger partial charge in [0.25, 0.3) is 5.91 Å². The third-order valence-corrected chi connectivity index (χ3v) is 3.51. The third-order valence-electron chi connectivity index (χ3n) is 3.51. The Kier molecular flexibility index (Phi) is 5.87. The number of aromatic nitrogens is 1. The first-order valence-corrected chi connectivity index (χ1v) is 7.77. The van der Waals surface area contributed by atoms with Crippen LogP contribution in [0.25, 0.3) is 0 Å². The lowest BCUT2D eigenvalue weighted by atomic mass is 10.0. The quantitative estimate of drug-likeness (QED) is 0.778. The summed E-state index contributed by atoms with van der Waals surface area (Å²) >= 11 is 0. The fourth-order valence-corrected chi connectivity index (χ4v) is 1.83. The van der Waals surface area contributed by atoms with E-state index < -0.39 is 12.1 Å². The molecule has 2 heterocycles. The Labute approximate surface area is 147 Å². The van der Waals surface area contributed by atoms with Crippen molar-refractivity contribution in [3.8, 4) is 11.8 Å². The lowest BCUT2D eigenvalue weighted by Crippen LogP contribution is -2.59. The highest BCUT2D eigenvalue weighted by atomic mass is 19.4. The molecule has 6 nitrogen and oxygen atoms in total. The van der Waals surface area contributed by atoms with Crippen LogP contribution in [-0.2, 0) is 9.53 Å². The number of hydrogen-bond acceptors (Lipinski definition) is 4. The number of alkyl halides is 3. The van der Waals surface area contributed by atoms with Crippen LogP contribution in [0.2, 0.25) is 0 Å². The van der Waals surface area contributed by atoms with Crippen LogP contribution in [0.4, 0.5) is 13.2 Å². The average molecular weight is 370 g/mol. The predicted octanol–water partition coefficient (Wildman–Crippen LogP) is 2.00. The van der Waals surface area contributed by atoms with Crippen molar-refractivity contribution in [1.29, 1.82) is 0 Å². The van der Waals surface area contributed by atoms with E-state index in [4.69, 9.17) is 14.6 Å². The Morgan fingerprint density at radius 1 is 1.35 bits per heavy atom. The van der Waals surface area contributed by atoms with Crippen molar-refractivity contribution in [2.75, 3.05) is 13.2 Å². The molecular weight excluding hydrogens is 353 g/mol. The molecule has 0 bridgehead atoms. The summed E-state index contributed by atoms with van der Waals surface area (Å²) in [6, 6.07) is 3.56. The number of nitrogens with one attached hydrogen (secondary N) is 1. The molecule has 26 heavy (non-hydrogen) atoms. The maximum Gasteiger partial charge on any atom is 0.490 e. The largest absolute Gasteiger partial charge is 0.490 e. The van der Waals surface area contributed by atoms with Gasteiger partial charge in [0.05, 0.1) is 24.3 Å². The summed E-state index contributed by atoms with van der Waals surface area (Å²) in [5, 5.41) is 10.1. The summed E-state index contributed by atoms with van der Waals surface area (Å²) in [5.74, 6) is 3.87. The van der Waals surface area contributed by atoms with Gasteiger partial charge >= 0.3 is 12.1 Å². The van der Waals surface area contributed by atoms with Gasteiger partial charge in [0.15, 0.2) is 0 Å². The molecule has 1 aliphatic heterocycles. The van der Waals surface area contributed by atoms with Crippen molar-refractivity contribution in [2.24, 2.45) is 5.92 Å². The number of carboxylic acids is 1. The number of nitrogens with zero attached hydrogens (tertiary/aromatic N) is 1. The summed E-state index contributed by atoms with van der Waals surface area (Å²) in [4.78, 5) is 25.1. The standard InChI is InChI=1S/C15H16N2O2.C2HF3O2/c1-15(9-19-10-15)17-14(18)12-5-7-13(16-8-12)6-4-11-2-3-11;3-2(4,5)1(6)7/h5,7-8,11H,2-3,9-10H2,1H3,(H,17,18);(H,6,7). The van der Waals surface area contributed by atoms with E-state index in [-0.39, 0.29) is 11.4 Å². The number of carbonyl (C=O) groups is 2. The smallest absolute Gasteiger partial charge is 0.475 e. The minimum absolute atomic E-state index is 0.111. The molecule has 1 aromatic heterocycles. The molecule has 3 rings (SSSR count). The first-order valence-electron chi connectivity index (χ1n) is 7.77. The SMILES string of the molecule is CC1(NC(=O)c2ccc(C#CC3CC3)nc2)COC1.O=C(O)C(F)(F)F. The van der Waals surface area contributed by atoms with E-state index in [1.165, 1.54) is 12.8 Å². The molecule has 9 heteroatoms. The van der Waals surface area contributed by atoms with Crippen LogP contribution in [0.3, 0.4) is 0 Å². The topological polar surface area (TPSA) is 88.5 Å². The molecule has 0 aromatic carbocycles. The van der Waals surface area contributed by atoms with E-state index >= 15 is 0 Å². The molecule has 0 radical (unpaired) electrons. The molecule has 1 amide bonds. The van der Waals surface area contributed by atoms with Crippen molar-refractivity contribution < 1.29 is 32.6 Å². The number of carboxylic acid groups (broad SMARTS) is 1. The van der Waals surface area contributed by atoms with Crippen molar-refractivity contribution in [3.63, 3.8) is 0 Å². The fraction of sp³-hybridized carbons (Fsp3) is 0.471. The molecule has 2 aliphatic rings. The summed E-state index contributed by atoms with van der Waals surface area (Å²) in [6.45, 7) is 3.10. The van der Waals surface area contributed by atoms with Crippen molar-refractivity contribution >= 4 is 11.9 Å². The van der Waals surface area contributed by atoms with Gasteiger partial charge in [-0.25, -0.2) is 9.78 Å². The maximum absolute atomic E-state index is 12.0. The number of halogens is 3. The van der Waals surface area contributed by atoms with Gasteiger partial charge in [-0.3, -0.25) is 4.79 Å². The van der Waals surface area contributed by atoms with Crippen molar-refractivity contribution in [2.45, 2.75) is 31.5 Å².